The third kappa shape index (κ3) is 4.25. The Morgan fingerprint density at radius 3 is 2.68 bits per heavy atom. The lowest BCUT2D eigenvalue weighted by Gasteiger charge is -2.10. The second kappa shape index (κ2) is 8.95. The van der Waals surface area contributed by atoms with Crippen molar-refractivity contribution < 1.29 is 9.21 Å². The van der Waals surface area contributed by atoms with Gasteiger partial charge in [-0.05, 0) is 42.8 Å². The molecule has 0 aliphatic heterocycles. The van der Waals surface area contributed by atoms with E-state index in [0.29, 0.717) is 17.3 Å². The summed E-state index contributed by atoms with van der Waals surface area (Å²) in [6.07, 6.45) is 3.19. The first-order valence-corrected chi connectivity index (χ1v) is 10.2. The fourth-order valence-electron chi connectivity index (χ4n) is 3.61. The van der Waals surface area contributed by atoms with Crippen LogP contribution < -0.4 is 5.32 Å². The molecule has 0 fully saturated rings. The first kappa shape index (κ1) is 20.5. The molecule has 1 amide bonds. The first-order chi connectivity index (χ1) is 15.1. The van der Waals surface area contributed by atoms with Crippen molar-refractivity contribution in [2.24, 2.45) is 0 Å². The molecule has 0 aliphatic rings. The van der Waals surface area contributed by atoms with Gasteiger partial charge in [0.1, 0.15) is 17.4 Å². The normalized spacial score (nSPS) is 11.5. The van der Waals surface area contributed by atoms with E-state index in [1.807, 2.05) is 61.5 Å². The van der Waals surface area contributed by atoms with Gasteiger partial charge < -0.3 is 14.3 Å². The summed E-state index contributed by atoms with van der Waals surface area (Å²) < 4.78 is 7.38. The maximum atomic E-state index is 12.6. The van der Waals surface area contributed by atoms with Crippen molar-refractivity contribution in [3.05, 3.63) is 100 Å². The lowest BCUT2D eigenvalue weighted by Crippen LogP contribution is -2.23. The number of hydrogen-bond donors (Lipinski definition) is 1. The summed E-state index contributed by atoms with van der Waals surface area (Å²) >= 11 is 6.38. The lowest BCUT2D eigenvalue weighted by molar-refractivity contribution is -0.117. The Morgan fingerprint density at radius 1 is 1.16 bits per heavy atom. The maximum Gasteiger partial charge on any atom is 0.262 e. The summed E-state index contributed by atoms with van der Waals surface area (Å²) in [5, 5.41) is 14.0. The molecule has 2 aromatic carbocycles. The summed E-state index contributed by atoms with van der Waals surface area (Å²) in [6.45, 7) is 2.79. The van der Waals surface area contributed by atoms with Crippen LogP contribution >= 0.6 is 11.6 Å². The van der Waals surface area contributed by atoms with Crippen molar-refractivity contribution in [3.8, 4) is 6.07 Å². The molecule has 6 heteroatoms. The number of benzene rings is 2. The average molecular weight is 430 g/mol. The van der Waals surface area contributed by atoms with Gasteiger partial charge in [0.25, 0.3) is 5.91 Å². The monoisotopic (exact) mass is 429 g/mol. The molecule has 2 heterocycles. The molecule has 5 nitrogen and oxygen atoms in total. The van der Waals surface area contributed by atoms with Crippen LogP contribution in [-0.4, -0.2) is 10.5 Å². The first-order valence-electron chi connectivity index (χ1n) is 9.82. The molecule has 0 spiro atoms. The predicted octanol–water partition coefficient (Wildman–Crippen LogP) is 5.47. The number of furan rings is 1. The van der Waals surface area contributed by atoms with Gasteiger partial charge in [0, 0.05) is 33.7 Å². The van der Waals surface area contributed by atoms with Crippen molar-refractivity contribution in [1.82, 2.24) is 9.88 Å². The number of aromatic nitrogens is 1. The van der Waals surface area contributed by atoms with Gasteiger partial charge >= 0.3 is 0 Å². The number of nitrogens with one attached hydrogen (secondary N) is 1. The average Bonchev–Trinajstić information content (AvgIpc) is 3.39. The molecule has 0 unspecified atom stereocenters. The highest BCUT2D eigenvalue weighted by Gasteiger charge is 2.16. The van der Waals surface area contributed by atoms with Crippen LogP contribution in [-0.2, 0) is 17.9 Å². The number of fused-ring (bicyclic) bond motifs is 1. The Bertz CT molecular complexity index is 1310. The Kier molecular flexibility index (Phi) is 5.92. The molecule has 4 aromatic rings. The van der Waals surface area contributed by atoms with Crippen molar-refractivity contribution in [2.75, 3.05) is 0 Å². The van der Waals surface area contributed by atoms with Crippen LogP contribution in [0.4, 0.5) is 0 Å². The molecule has 0 atom stereocenters. The van der Waals surface area contributed by atoms with Crippen molar-refractivity contribution >= 4 is 34.5 Å². The van der Waals surface area contributed by atoms with Crippen LogP contribution in [0.2, 0.25) is 5.02 Å². The summed E-state index contributed by atoms with van der Waals surface area (Å²) in [6, 6.07) is 21.2. The van der Waals surface area contributed by atoms with E-state index < -0.39 is 5.91 Å². The summed E-state index contributed by atoms with van der Waals surface area (Å²) in [7, 11) is 0. The number of hydrogen-bond acceptors (Lipinski definition) is 3. The largest absolute Gasteiger partial charge is 0.467 e. The molecular formula is C25H20ClN3O2. The summed E-state index contributed by atoms with van der Waals surface area (Å²) in [5.74, 6) is 0.180. The van der Waals surface area contributed by atoms with Gasteiger partial charge in [-0.15, -0.1) is 0 Å². The van der Waals surface area contributed by atoms with Crippen LogP contribution in [0, 0.1) is 18.3 Å². The third-order valence-electron chi connectivity index (χ3n) is 5.22. The van der Waals surface area contributed by atoms with E-state index in [2.05, 4.69) is 9.88 Å². The molecule has 2 aromatic heterocycles. The molecule has 0 radical (unpaired) electrons. The number of nitriles is 1. The lowest BCUT2D eigenvalue weighted by atomic mass is 10.1. The van der Waals surface area contributed by atoms with Gasteiger partial charge in [-0.2, -0.15) is 5.26 Å². The van der Waals surface area contributed by atoms with E-state index in [4.69, 9.17) is 16.0 Å². The van der Waals surface area contributed by atoms with Gasteiger partial charge in [0.15, 0.2) is 0 Å². The Labute approximate surface area is 185 Å². The summed E-state index contributed by atoms with van der Waals surface area (Å²) in [4.78, 5) is 12.6. The van der Waals surface area contributed by atoms with Crippen LogP contribution in [0.3, 0.4) is 0 Å². The Hall–Kier alpha value is -3.75. The Morgan fingerprint density at radius 2 is 1.94 bits per heavy atom. The molecule has 0 bridgehead atoms. The minimum absolute atomic E-state index is 0.0373. The molecule has 31 heavy (non-hydrogen) atoms. The number of carbonyl (C=O) groups is 1. The van der Waals surface area contributed by atoms with E-state index in [1.165, 1.54) is 0 Å². The van der Waals surface area contributed by atoms with Gasteiger partial charge in [-0.1, -0.05) is 48.0 Å². The number of carbonyl (C=O) groups excluding carboxylic acids is 1. The number of para-hydroxylation sites is 1. The smallest absolute Gasteiger partial charge is 0.262 e. The SMILES string of the molecule is Cc1c(C=C(C#N)C(=O)NCc2ccco2)c2ccccc2n1Cc1ccccc1Cl. The number of nitrogens with zero attached hydrogens (tertiary/aromatic N) is 2. The van der Waals surface area contributed by atoms with Crippen molar-refractivity contribution in [2.45, 2.75) is 20.0 Å². The quantitative estimate of drug-likeness (QED) is 0.326. The molecule has 0 saturated heterocycles. The van der Waals surface area contributed by atoms with Gasteiger partial charge in [-0.3, -0.25) is 4.79 Å². The van der Waals surface area contributed by atoms with E-state index in [9.17, 15) is 10.1 Å². The topological polar surface area (TPSA) is 71.0 Å². The highest BCUT2D eigenvalue weighted by molar-refractivity contribution is 6.31. The second-order valence-corrected chi connectivity index (χ2v) is 7.53. The molecule has 0 saturated carbocycles. The second-order valence-electron chi connectivity index (χ2n) is 7.13. The predicted molar refractivity (Wildman–Crippen MR) is 121 cm³/mol. The van der Waals surface area contributed by atoms with E-state index in [-0.39, 0.29) is 12.1 Å². The van der Waals surface area contributed by atoms with E-state index >= 15 is 0 Å². The highest BCUT2D eigenvalue weighted by atomic mass is 35.5. The zero-order valence-electron chi connectivity index (χ0n) is 16.9. The van der Waals surface area contributed by atoms with Gasteiger partial charge in [-0.25, -0.2) is 0 Å². The molecule has 4 rings (SSSR count). The van der Waals surface area contributed by atoms with E-state index in [0.717, 1.165) is 27.7 Å². The zero-order valence-corrected chi connectivity index (χ0v) is 17.7. The van der Waals surface area contributed by atoms with Crippen LogP contribution in [0.15, 0.2) is 76.9 Å². The fraction of sp³-hybridized carbons (Fsp3) is 0.120. The summed E-state index contributed by atoms with van der Waals surface area (Å²) in [5.41, 5.74) is 3.84. The Balaban J connectivity index is 1.71. The number of halogens is 1. The van der Waals surface area contributed by atoms with Gasteiger partial charge in [0.2, 0.25) is 0 Å². The standard InChI is InChI=1S/C25H20ClN3O2/c1-17-22(13-19(14-27)25(30)28-15-20-8-6-12-31-20)21-9-3-5-11-24(21)29(17)16-18-7-2-4-10-23(18)26/h2-13H,15-16H2,1H3,(H,28,30). The minimum atomic E-state index is -0.443. The third-order valence-corrected chi connectivity index (χ3v) is 5.59. The maximum absolute atomic E-state index is 12.6. The molecular weight excluding hydrogens is 410 g/mol. The van der Waals surface area contributed by atoms with Crippen molar-refractivity contribution in [3.63, 3.8) is 0 Å². The van der Waals surface area contributed by atoms with Crippen LogP contribution in [0.1, 0.15) is 22.6 Å². The highest BCUT2D eigenvalue weighted by Crippen LogP contribution is 2.30. The van der Waals surface area contributed by atoms with Crippen LogP contribution in [0.25, 0.3) is 17.0 Å². The van der Waals surface area contributed by atoms with Crippen LogP contribution in [0.5, 0.6) is 0 Å². The minimum Gasteiger partial charge on any atom is -0.467 e. The van der Waals surface area contributed by atoms with E-state index in [1.54, 1.807) is 24.5 Å². The molecule has 154 valence electrons. The van der Waals surface area contributed by atoms with Crippen molar-refractivity contribution in [1.29, 1.82) is 5.26 Å². The van der Waals surface area contributed by atoms with Gasteiger partial charge in [0.05, 0.1) is 12.8 Å². The zero-order chi connectivity index (χ0) is 21.8. The number of rotatable bonds is 6. The molecule has 1 N–H and O–H groups in total. The number of amides is 1. The molecule has 0 aliphatic carbocycles. The fourth-order valence-corrected chi connectivity index (χ4v) is 3.80.